The van der Waals surface area contributed by atoms with Gasteiger partial charge in [0, 0.05) is 10.7 Å². The number of hydrogen-bond acceptors (Lipinski definition) is 3. The zero-order chi connectivity index (χ0) is 9.42. The van der Waals surface area contributed by atoms with E-state index in [1.165, 1.54) is 6.08 Å². The van der Waals surface area contributed by atoms with Crippen molar-refractivity contribution in [2.24, 2.45) is 16.1 Å². The van der Waals surface area contributed by atoms with E-state index in [-0.39, 0.29) is 11.5 Å². The number of carbonyl (C=O) groups is 1. The van der Waals surface area contributed by atoms with Gasteiger partial charge in [-0.3, -0.25) is 0 Å². The Labute approximate surface area is 82.5 Å². The van der Waals surface area contributed by atoms with Crippen molar-refractivity contribution < 1.29 is 9.90 Å². The summed E-state index contributed by atoms with van der Waals surface area (Å²) >= 11 is 3.29. The average molecular weight is 241 g/mol. The summed E-state index contributed by atoms with van der Waals surface area (Å²) in [5.41, 5.74) is 0.902. The molecule has 0 radical (unpaired) electrons. The Balaban J connectivity index is 2.43. The second-order valence-electron chi connectivity index (χ2n) is 2.70. The lowest BCUT2D eigenvalue weighted by Crippen LogP contribution is -2.17. The predicted octanol–water partition coefficient (Wildman–Crippen LogP) is 1.35. The van der Waals surface area contributed by atoms with E-state index in [0.29, 0.717) is 5.71 Å². The highest BCUT2D eigenvalue weighted by Crippen LogP contribution is 2.28. The fourth-order valence-corrected chi connectivity index (χ4v) is 1.80. The van der Waals surface area contributed by atoms with Crippen LogP contribution in [0.3, 0.4) is 0 Å². The Morgan fingerprint density at radius 2 is 2.31 bits per heavy atom. The third-order valence-corrected chi connectivity index (χ3v) is 2.57. The average Bonchev–Trinajstić information content (AvgIpc) is 2.51. The molecule has 0 bridgehead atoms. The van der Waals surface area contributed by atoms with Crippen LogP contribution in [-0.2, 0) is 4.79 Å². The summed E-state index contributed by atoms with van der Waals surface area (Å²) in [6, 6.07) is 0. The van der Waals surface area contributed by atoms with Crippen LogP contribution in [0, 0.1) is 5.92 Å². The minimum Gasteiger partial charge on any atom is -0.478 e. The summed E-state index contributed by atoms with van der Waals surface area (Å²) in [5, 5.41) is 16.3. The molecule has 1 heterocycles. The molecule has 0 spiro atoms. The van der Waals surface area contributed by atoms with Gasteiger partial charge in [0.05, 0.1) is 17.2 Å². The van der Waals surface area contributed by atoms with Crippen LogP contribution in [0.5, 0.6) is 0 Å². The van der Waals surface area contributed by atoms with Gasteiger partial charge in [0.2, 0.25) is 0 Å². The molecule has 66 valence electrons. The van der Waals surface area contributed by atoms with E-state index in [4.69, 9.17) is 5.11 Å². The Kier molecular flexibility index (Phi) is 1.88. The van der Waals surface area contributed by atoms with Crippen molar-refractivity contribution in [3.05, 3.63) is 22.2 Å². The SMILES string of the molecule is O=C(O)C1=CC2=NN=C[C@@H]2C(Br)=C1. The number of halogens is 1. The van der Waals surface area contributed by atoms with E-state index in [1.54, 1.807) is 12.3 Å². The fraction of sp³-hybridized carbons (Fsp3) is 0.125. The van der Waals surface area contributed by atoms with Gasteiger partial charge in [0.25, 0.3) is 0 Å². The third kappa shape index (κ3) is 1.35. The number of nitrogens with zero attached hydrogens (tertiary/aromatic N) is 2. The normalized spacial score (nSPS) is 24.7. The van der Waals surface area contributed by atoms with Gasteiger partial charge < -0.3 is 5.11 Å². The van der Waals surface area contributed by atoms with Crippen LogP contribution in [0.2, 0.25) is 0 Å². The predicted molar refractivity (Wildman–Crippen MR) is 52.1 cm³/mol. The minimum atomic E-state index is -0.954. The molecular formula is C8H5BrN2O2. The van der Waals surface area contributed by atoms with E-state index >= 15 is 0 Å². The molecule has 1 aliphatic carbocycles. The summed E-state index contributed by atoms with van der Waals surface area (Å²) in [6.07, 6.45) is 4.78. The molecule has 2 aliphatic rings. The molecule has 0 fully saturated rings. The van der Waals surface area contributed by atoms with Crippen molar-refractivity contribution in [2.45, 2.75) is 0 Å². The first-order valence-electron chi connectivity index (χ1n) is 3.61. The maximum atomic E-state index is 10.7. The van der Waals surface area contributed by atoms with E-state index in [0.717, 1.165) is 4.48 Å². The number of allylic oxidation sites excluding steroid dienone is 2. The second kappa shape index (κ2) is 2.92. The molecule has 0 aromatic heterocycles. The van der Waals surface area contributed by atoms with Gasteiger partial charge in [-0.1, -0.05) is 15.9 Å². The second-order valence-corrected chi connectivity index (χ2v) is 3.62. The molecule has 1 aliphatic heterocycles. The Hall–Kier alpha value is -1.23. The summed E-state index contributed by atoms with van der Waals surface area (Å²) in [7, 11) is 0. The molecule has 2 rings (SSSR count). The highest BCUT2D eigenvalue weighted by molar-refractivity contribution is 9.11. The standard InChI is InChI=1S/C8H5BrN2O2/c9-6-1-4(8(12)13)2-7-5(6)3-10-11-7/h1-3,5H,(H,12,13)/t5-/m1/s1. The Morgan fingerprint density at radius 1 is 1.54 bits per heavy atom. The van der Waals surface area contributed by atoms with Crippen molar-refractivity contribution in [3.63, 3.8) is 0 Å². The molecular weight excluding hydrogens is 236 g/mol. The molecule has 5 heteroatoms. The topological polar surface area (TPSA) is 62.0 Å². The molecule has 4 nitrogen and oxygen atoms in total. The molecule has 1 N–H and O–H groups in total. The zero-order valence-corrected chi connectivity index (χ0v) is 8.02. The first kappa shape index (κ1) is 8.37. The zero-order valence-electron chi connectivity index (χ0n) is 6.44. The highest BCUT2D eigenvalue weighted by atomic mass is 79.9. The van der Waals surface area contributed by atoms with E-state index in [2.05, 4.69) is 26.1 Å². The van der Waals surface area contributed by atoms with Crippen molar-refractivity contribution >= 4 is 33.8 Å². The molecule has 13 heavy (non-hydrogen) atoms. The Morgan fingerprint density at radius 3 is 3.00 bits per heavy atom. The molecule has 0 saturated carbocycles. The van der Waals surface area contributed by atoms with Crippen LogP contribution in [0.25, 0.3) is 0 Å². The number of hydrogen-bond donors (Lipinski definition) is 1. The number of fused-ring (bicyclic) bond motifs is 1. The third-order valence-electron chi connectivity index (χ3n) is 1.85. The Bertz CT molecular complexity index is 393. The quantitative estimate of drug-likeness (QED) is 0.752. The maximum Gasteiger partial charge on any atom is 0.335 e. The molecule has 0 amide bonds. The first-order chi connectivity index (χ1) is 6.18. The van der Waals surface area contributed by atoms with Crippen LogP contribution >= 0.6 is 15.9 Å². The van der Waals surface area contributed by atoms with Gasteiger partial charge in [-0.05, 0) is 12.2 Å². The van der Waals surface area contributed by atoms with Crippen LogP contribution in [0.15, 0.2) is 32.4 Å². The summed E-state index contributed by atoms with van der Waals surface area (Å²) in [4.78, 5) is 10.7. The van der Waals surface area contributed by atoms with Gasteiger partial charge in [-0.25, -0.2) is 4.79 Å². The van der Waals surface area contributed by atoms with Gasteiger partial charge in [0.15, 0.2) is 0 Å². The molecule has 0 aromatic rings. The van der Waals surface area contributed by atoms with Crippen LogP contribution in [0.1, 0.15) is 0 Å². The van der Waals surface area contributed by atoms with Crippen molar-refractivity contribution in [1.29, 1.82) is 0 Å². The number of carboxylic acid groups (broad SMARTS) is 1. The van der Waals surface area contributed by atoms with Crippen LogP contribution in [-0.4, -0.2) is 23.0 Å². The summed E-state index contributed by atoms with van der Waals surface area (Å²) in [5.74, 6) is -0.951. The number of rotatable bonds is 1. The summed E-state index contributed by atoms with van der Waals surface area (Å²) in [6.45, 7) is 0. The fourth-order valence-electron chi connectivity index (χ4n) is 1.20. The molecule has 0 unspecified atom stereocenters. The van der Waals surface area contributed by atoms with Crippen LogP contribution in [0.4, 0.5) is 0 Å². The van der Waals surface area contributed by atoms with Crippen molar-refractivity contribution in [1.82, 2.24) is 0 Å². The van der Waals surface area contributed by atoms with Gasteiger partial charge in [0.1, 0.15) is 0 Å². The lowest BCUT2D eigenvalue weighted by atomic mass is 9.96. The van der Waals surface area contributed by atoms with E-state index in [1.807, 2.05) is 0 Å². The van der Waals surface area contributed by atoms with E-state index in [9.17, 15) is 4.79 Å². The first-order valence-corrected chi connectivity index (χ1v) is 4.41. The largest absolute Gasteiger partial charge is 0.478 e. The molecule has 1 atom stereocenters. The summed E-state index contributed by atoms with van der Waals surface area (Å²) < 4.78 is 0.785. The highest BCUT2D eigenvalue weighted by Gasteiger charge is 2.25. The minimum absolute atomic E-state index is 0.00287. The molecule has 0 saturated heterocycles. The smallest absolute Gasteiger partial charge is 0.335 e. The number of aliphatic carboxylic acids is 1. The van der Waals surface area contributed by atoms with E-state index < -0.39 is 5.97 Å². The van der Waals surface area contributed by atoms with Gasteiger partial charge in [-0.2, -0.15) is 10.2 Å². The molecule has 0 aromatic carbocycles. The number of carboxylic acids is 1. The van der Waals surface area contributed by atoms with Crippen molar-refractivity contribution in [2.75, 3.05) is 0 Å². The van der Waals surface area contributed by atoms with Crippen molar-refractivity contribution in [3.8, 4) is 0 Å². The van der Waals surface area contributed by atoms with Gasteiger partial charge in [-0.15, -0.1) is 0 Å². The lowest BCUT2D eigenvalue weighted by Gasteiger charge is -2.12. The monoisotopic (exact) mass is 240 g/mol. The maximum absolute atomic E-state index is 10.7. The van der Waals surface area contributed by atoms with Gasteiger partial charge >= 0.3 is 5.97 Å². The van der Waals surface area contributed by atoms with Crippen LogP contribution < -0.4 is 0 Å². The lowest BCUT2D eigenvalue weighted by molar-refractivity contribution is -0.132.